The summed E-state index contributed by atoms with van der Waals surface area (Å²) in [5.41, 5.74) is 1.79. The molecule has 0 amide bonds. The van der Waals surface area contributed by atoms with Crippen molar-refractivity contribution in [1.82, 2.24) is 0 Å². The number of anilines is 1. The Labute approximate surface area is 125 Å². The third-order valence-corrected chi connectivity index (χ3v) is 5.10. The smallest absolute Gasteiger partial charge is 0.178 e. The molecule has 0 spiro atoms. The number of hydrogen-bond acceptors (Lipinski definition) is 4. The minimum absolute atomic E-state index is 0.00531. The van der Waals surface area contributed by atoms with E-state index in [-0.39, 0.29) is 17.5 Å². The number of phenolic OH excluding ortho intramolecular Hbond substituents is 1. The molecule has 0 aliphatic carbocycles. The number of phenols is 1. The maximum atomic E-state index is 11.7. The Morgan fingerprint density at radius 3 is 2.38 bits per heavy atom. The molecule has 0 saturated heterocycles. The molecule has 2 aromatic rings. The van der Waals surface area contributed by atoms with Crippen molar-refractivity contribution in [2.45, 2.75) is 24.8 Å². The van der Waals surface area contributed by atoms with E-state index in [1.807, 2.05) is 13.0 Å². The molecule has 1 atom stereocenters. The van der Waals surface area contributed by atoms with Gasteiger partial charge in [0.1, 0.15) is 5.75 Å². The normalized spacial score (nSPS) is 12.9. The van der Waals surface area contributed by atoms with Gasteiger partial charge in [0.05, 0.1) is 10.6 Å². The van der Waals surface area contributed by atoms with Crippen molar-refractivity contribution in [3.05, 3.63) is 54.1 Å². The highest BCUT2D eigenvalue weighted by Crippen LogP contribution is 2.23. The van der Waals surface area contributed by atoms with Crippen LogP contribution in [0.4, 0.5) is 5.69 Å². The second kappa shape index (κ2) is 6.18. The summed E-state index contributed by atoms with van der Waals surface area (Å²) in [4.78, 5) is 0.334. The molecular formula is C16H19NO3S. The predicted molar refractivity (Wildman–Crippen MR) is 84.3 cm³/mol. The molecule has 2 aromatic carbocycles. The molecule has 21 heavy (non-hydrogen) atoms. The topological polar surface area (TPSA) is 66.4 Å². The van der Waals surface area contributed by atoms with Crippen LogP contribution in [-0.4, -0.2) is 19.3 Å². The first-order chi connectivity index (χ1) is 9.92. The molecule has 0 fully saturated rings. The SMILES string of the molecule is CCS(=O)(=O)c1ccc(NC(C)c2cccc(O)c2)cc1. The minimum Gasteiger partial charge on any atom is -0.508 e. The Morgan fingerprint density at radius 1 is 1.14 bits per heavy atom. The number of aromatic hydroxyl groups is 1. The molecule has 0 heterocycles. The Morgan fingerprint density at radius 2 is 1.81 bits per heavy atom. The van der Waals surface area contributed by atoms with Crippen molar-refractivity contribution in [3.8, 4) is 5.75 Å². The molecule has 0 radical (unpaired) electrons. The van der Waals surface area contributed by atoms with E-state index in [4.69, 9.17) is 0 Å². The van der Waals surface area contributed by atoms with E-state index in [1.54, 1.807) is 49.4 Å². The van der Waals surface area contributed by atoms with Gasteiger partial charge in [-0.25, -0.2) is 8.42 Å². The summed E-state index contributed by atoms with van der Waals surface area (Å²) in [6, 6.07) is 13.8. The zero-order valence-electron chi connectivity index (χ0n) is 12.1. The van der Waals surface area contributed by atoms with Gasteiger partial charge in [-0.3, -0.25) is 0 Å². The molecule has 112 valence electrons. The summed E-state index contributed by atoms with van der Waals surface area (Å²) in [5, 5.41) is 12.8. The van der Waals surface area contributed by atoms with Crippen molar-refractivity contribution >= 4 is 15.5 Å². The third kappa shape index (κ3) is 3.76. The van der Waals surface area contributed by atoms with Gasteiger partial charge in [-0.1, -0.05) is 19.1 Å². The lowest BCUT2D eigenvalue weighted by atomic mass is 10.1. The predicted octanol–water partition coefficient (Wildman–Crippen LogP) is 3.36. The van der Waals surface area contributed by atoms with Crippen molar-refractivity contribution < 1.29 is 13.5 Å². The first-order valence-corrected chi connectivity index (χ1v) is 8.46. The summed E-state index contributed by atoms with van der Waals surface area (Å²) in [5.74, 6) is 0.324. The fourth-order valence-corrected chi connectivity index (χ4v) is 2.94. The molecule has 5 heteroatoms. The first-order valence-electron chi connectivity index (χ1n) is 6.80. The summed E-state index contributed by atoms with van der Waals surface area (Å²) in [6.07, 6.45) is 0. The van der Waals surface area contributed by atoms with Crippen LogP contribution in [0.2, 0.25) is 0 Å². The standard InChI is InChI=1S/C16H19NO3S/c1-3-21(19,20)16-9-7-14(8-10-16)17-12(2)13-5-4-6-15(18)11-13/h4-12,17-18H,3H2,1-2H3. The van der Waals surface area contributed by atoms with Crippen LogP contribution in [0.3, 0.4) is 0 Å². The highest BCUT2D eigenvalue weighted by Gasteiger charge is 2.11. The largest absolute Gasteiger partial charge is 0.508 e. The third-order valence-electron chi connectivity index (χ3n) is 3.35. The van der Waals surface area contributed by atoms with Crippen molar-refractivity contribution in [2.75, 3.05) is 11.1 Å². The Bertz CT molecular complexity index is 709. The van der Waals surface area contributed by atoms with E-state index in [1.165, 1.54) is 0 Å². The number of hydrogen-bond donors (Lipinski definition) is 2. The molecule has 2 rings (SSSR count). The van der Waals surface area contributed by atoms with Gasteiger partial charge in [0.2, 0.25) is 0 Å². The Hall–Kier alpha value is -2.01. The second-order valence-corrected chi connectivity index (χ2v) is 7.17. The Kier molecular flexibility index (Phi) is 4.53. The average molecular weight is 305 g/mol. The molecule has 1 unspecified atom stereocenters. The fraction of sp³-hybridized carbons (Fsp3) is 0.250. The lowest BCUT2D eigenvalue weighted by molar-refractivity contribution is 0.474. The van der Waals surface area contributed by atoms with Crippen molar-refractivity contribution in [1.29, 1.82) is 0 Å². The number of rotatable bonds is 5. The lowest BCUT2D eigenvalue weighted by Crippen LogP contribution is -2.07. The maximum absolute atomic E-state index is 11.7. The van der Waals surface area contributed by atoms with Gasteiger partial charge in [0.25, 0.3) is 0 Å². The molecular weight excluding hydrogens is 286 g/mol. The zero-order chi connectivity index (χ0) is 15.5. The van der Waals surface area contributed by atoms with Crippen LogP contribution in [0.1, 0.15) is 25.5 Å². The van der Waals surface area contributed by atoms with Gasteiger partial charge in [-0.05, 0) is 48.9 Å². The summed E-state index contributed by atoms with van der Waals surface area (Å²) in [7, 11) is -3.16. The van der Waals surface area contributed by atoms with Crippen LogP contribution < -0.4 is 5.32 Å². The minimum atomic E-state index is -3.16. The first kappa shape index (κ1) is 15.4. The van der Waals surface area contributed by atoms with Crippen LogP contribution in [-0.2, 0) is 9.84 Å². The average Bonchev–Trinajstić information content (AvgIpc) is 2.48. The van der Waals surface area contributed by atoms with Crippen molar-refractivity contribution in [2.24, 2.45) is 0 Å². The van der Waals surface area contributed by atoms with Gasteiger partial charge in [0, 0.05) is 11.7 Å². The van der Waals surface area contributed by atoms with E-state index >= 15 is 0 Å². The highest BCUT2D eigenvalue weighted by molar-refractivity contribution is 7.91. The summed E-state index contributed by atoms with van der Waals surface area (Å²) < 4.78 is 23.5. The summed E-state index contributed by atoms with van der Waals surface area (Å²) >= 11 is 0. The highest BCUT2D eigenvalue weighted by atomic mass is 32.2. The van der Waals surface area contributed by atoms with Crippen LogP contribution in [0.15, 0.2) is 53.4 Å². The van der Waals surface area contributed by atoms with Gasteiger partial charge in [-0.2, -0.15) is 0 Å². The zero-order valence-corrected chi connectivity index (χ0v) is 12.9. The van der Waals surface area contributed by atoms with Crippen molar-refractivity contribution in [3.63, 3.8) is 0 Å². The second-order valence-electron chi connectivity index (χ2n) is 4.89. The number of nitrogens with one attached hydrogen (secondary N) is 1. The number of sulfone groups is 1. The monoisotopic (exact) mass is 305 g/mol. The van der Waals surface area contributed by atoms with Gasteiger partial charge < -0.3 is 10.4 Å². The molecule has 0 aliphatic rings. The fourth-order valence-electron chi connectivity index (χ4n) is 2.05. The lowest BCUT2D eigenvalue weighted by Gasteiger charge is -2.16. The van der Waals surface area contributed by atoms with Gasteiger partial charge in [0.15, 0.2) is 9.84 Å². The quantitative estimate of drug-likeness (QED) is 0.889. The molecule has 0 saturated carbocycles. The number of benzene rings is 2. The van der Waals surface area contributed by atoms with Crippen LogP contribution in [0.25, 0.3) is 0 Å². The maximum Gasteiger partial charge on any atom is 0.178 e. The van der Waals surface area contributed by atoms with E-state index in [0.717, 1.165) is 11.3 Å². The molecule has 0 aromatic heterocycles. The van der Waals surface area contributed by atoms with E-state index in [0.29, 0.717) is 4.90 Å². The molecule has 2 N–H and O–H groups in total. The van der Waals surface area contributed by atoms with E-state index in [2.05, 4.69) is 5.32 Å². The van der Waals surface area contributed by atoms with Crippen LogP contribution in [0.5, 0.6) is 5.75 Å². The van der Waals surface area contributed by atoms with Crippen LogP contribution in [0, 0.1) is 0 Å². The molecule has 4 nitrogen and oxygen atoms in total. The van der Waals surface area contributed by atoms with Crippen LogP contribution >= 0.6 is 0 Å². The molecule has 0 aliphatic heterocycles. The van der Waals surface area contributed by atoms with E-state index in [9.17, 15) is 13.5 Å². The van der Waals surface area contributed by atoms with E-state index < -0.39 is 9.84 Å². The van der Waals surface area contributed by atoms with Gasteiger partial charge >= 0.3 is 0 Å². The molecule has 0 bridgehead atoms. The summed E-state index contributed by atoms with van der Waals surface area (Å²) in [6.45, 7) is 3.61. The Balaban J connectivity index is 2.14. The van der Waals surface area contributed by atoms with Gasteiger partial charge in [-0.15, -0.1) is 0 Å².